The molecular formula is C13H20N4. The highest BCUT2D eigenvalue weighted by molar-refractivity contribution is 5.15. The van der Waals surface area contributed by atoms with Crippen molar-refractivity contribution in [3.05, 3.63) is 35.2 Å². The van der Waals surface area contributed by atoms with Crippen LogP contribution in [0.4, 0.5) is 0 Å². The van der Waals surface area contributed by atoms with Crippen molar-refractivity contribution in [2.75, 3.05) is 0 Å². The molecule has 0 bridgehead atoms. The molecule has 17 heavy (non-hydrogen) atoms. The van der Waals surface area contributed by atoms with Crippen LogP contribution in [0.2, 0.25) is 0 Å². The van der Waals surface area contributed by atoms with Gasteiger partial charge in [0.25, 0.3) is 0 Å². The quantitative estimate of drug-likeness (QED) is 0.811. The molecule has 0 unspecified atom stereocenters. The molecule has 4 heteroatoms. The Bertz CT molecular complexity index is 507. The summed E-state index contributed by atoms with van der Waals surface area (Å²) in [6.07, 6.45) is 2.89. The second kappa shape index (κ2) is 4.73. The van der Waals surface area contributed by atoms with E-state index < -0.39 is 0 Å². The SMILES string of the molecule is CCc1cc(Cn2cnc(C)c2C)n(CC)n1. The molecule has 4 nitrogen and oxygen atoms in total. The number of imidazole rings is 1. The Kier molecular flexibility index (Phi) is 3.31. The predicted octanol–water partition coefficient (Wildman–Crippen LogP) is 2.33. The van der Waals surface area contributed by atoms with Gasteiger partial charge in [0.05, 0.1) is 30.0 Å². The lowest BCUT2D eigenvalue weighted by Gasteiger charge is -2.07. The van der Waals surface area contributed by atoms with Gasteiger partial charge < -0.3 is 4.57 Å². The zero-order valence-electron chi connectivity index (χ0n) is 11.1. The van der Waals surface area contributed by atoms with Crippen molar-refractivity contribution >= 4 is 0 Å². The van der Waals surface area contributed by atoms with Crippen molar-refractivity contribution < 1.29 is 0 Å². The minimum absolute atomic E-state index is 0.855. The Hall–Kier alpha value is -1.58. The van der Waals surface area contributed by atoms with Crippen LogP contribution in [0, 0.1) is 13.8 Å². The van der Waals surface area contributed by atoms with Gasteiger partial charge in [-0.05, 0) is 33.3 Å². The maximum absolute atomic E-state index is 4.56. The first kappa shape index (κ1) is 11.9. The van der Waals surface area contributed by atoms with Gasteiger partial charge in [0.1, 0.15) is 0 Å². The van der Waals surface area contributed by atoms with Gasteiger partial charge in [-0.15, -0.1) is 0 Å². The molecule has 0 saturated heterocycles. The number of nitrogens with zero attached hydrogens (tertiary/aromatic N) is 4. The molecule has 92 valence electrons. The van der Waals surface area contributed by atoms with Crippen molar-refractivity contribution in [2.24, 2.45) is 0 Å². The van der Waals surface area contributed by atoms with Crippen molar-refractivity contribution in [3.63, 3.8) is 0 Å². The van der Waals surface area contributed by atoms with E-state index in [1.807, 2.05) is 13.3 Å². The molecule has 0 spiro atoms. The molecule has 0 fully saturated rings. The molecule has 0 amide bonds. The highest BCUT2D eigenvalue weighted by Gasteiger charge is 2.08. The fraction of sp³-hybridized carbons (Fsp3) is 0.538. The van der Waals surface area contributed by atoms with Crippen LogP contribution in [-0.4, -0.2) is 19.3 Å². The van der Waals surface area contributed by atoms with Gasteiger partial charge in [-0.2, -0.15) is 5.10 Å². The highest BCUT2D eigenvalue weighted by atomic mass is 15.3. The van der Waals surface area contributed by atoms with Crippen molar-refractivity contribution in [1.82, 2.24) is 19.3 Å². The fourth-order valence-corrected chi connectivity index (χ4v) is 1.97. The molecule has 2 aromatic rings. The van der Waals surface area contributed by atoms with Crippen molar-refractivity contribution in [3.8, 4) is 0 Å². The van der Waals surface area contributed by atoms with E-state index in [0.29, 0.717) is 0 Å². The lowest BCUT2D eigenvalue weighted by Crippen LogP contribution is -2.08. The molecule has 0 atom stereocenters. The van der Waals surface area contributed by atoms with E-state index in [-0.39, 0.29) is 0 Å². The van der Waals surface area contributed by atoms with Gasteiger partial charge >= 0.3 is 0 Å². The fourth-order valence-electron chi connectivity index (χ4n) is 1.97. The summed E-state index contributed by atoms with van der Waals surface area (Å²) in [4.78, 5) is 4.33. The largest absolute Gasteiger partial charge is 0.329 e. The van der Waals surface area contributed by atoms with Gasteiger partial charge in [0.15, 0.2) is 0 Å². The maximum Gasteiger partial charge on any atom is 0.0955 e. The summed E-state index contributed by atoms with van der Waals surface area (Å²) in [6, 6.07) is 2.19. The Balaban J connectivity index is 2.29. The molecule has 2 heterocycles. The third-order valence-corrected chi connectivity index (χ3v) is 3.25. The molecular weight excluding hydrogens is 212 g/mol. The van der Waals surface area contributed by atoms with Crippen LogP contribution in [0.1, 0.15) is 36.6 Å². The summed E-state index contributed by atoms with van der Waals surface area (Å²) >= 11 is 0. The van der Waals surface area contributed by atoms with E-state index in [0.717, 1.165) is 30.9 Å². The molecule has 0 radical (unpaired) electrons. The van der Waals surface area contributed by atoms with Crippen LogP contribution in [0.15, 0.2) is 12.4 Å². The minimum atomic E-state index is 0.855. The van der Waals surface area contributed by atoms with E-state index in [1.165, 1.54) is 11.4 Å². The predicted molar refractivity (Wildman–Crippen MR) is 68.1 cm³/mol. The average Bonchev–Trinajstić information content (AvgIpc) is 2.87. The normalized spacial score (nSPS) is 11.1. The van der Waals surface area contributed by atoms with E-state index in [1.54, 1.807) is 0 Å². The first-order chi connectivity index (χ1) is 8.15. The summed E-state index contributed by atoms with van der Waals surface area (Å²) in [5, 5.41) is 4.56. The summed E-state index contributed by atoms with van der Waals surface area (Å²) in [5.74, 6) is 0. The molecule has 2 aromatic heterocycles. The monoisotopic (exact) mass is 232 g/mol. The maximum atomic E-state index is 4.56. The van der Waals surface area contributed by atoms with E-state index in [2.05, 4.69) is 46.2 Å². The molecule has 0 N–H and O–H groups in total. The summed E-state index contributed by atoms with van der Waals surface area (Å²) in [7, 11) is 0. The smallest absolute Gasteiger partial charge is 0.0955 e. The average molecular weight is 232 g/mol. The van der Waals surface area contributed by atoms with E-state index >= 15 is 0 Å². The third-order valence-electron chi connectivity index (χ3n) is 3.25. The highest BCUT2D eigenvalue weighted by Crippen LogP contribution is 2.11. The number of rotatable bonds is 4. The Morgan fingerprint density at radius 2 is 2.00 bits per heavy atom. The second-order valence-corrected chi connectivity index (χ2v) is 4.34. The van der Waals surface area contributed by atoms with Crippen LogP contribution in [-0.2, 0) is 19.5 Å². The zero-order valence-corrected chi connectivity index (χ0v) is 11.1. The van der Waals surface area contributed by atoms with Gasteiger partial charge in [0.2, 0.25) is 0 Å². The lowest BCUT2D eigenvalue weighted by molar-refractivity contribution is 0.591. The first-order valence-electron chi connectivity index (χ1n) is 6.19. The summed E-state index contributed by atoms with van der Waals surface area (Å²) in [6.45, 7) is 10.2. The number of aryl methyl sites for hydroxylation is 3. The molecule has 0 saturated carbocycles. The first-order valence-corrected chi connectivity index (χ1v) is 6.19. The number of hydrogen-bond acceptors (Lipinski definition) is 2. The van der Waals surface area contributed by atoms with Gasteiger partial charge in [0, 0.05) is 12.2 Å². The third kappa shape index (κ3) is 2.25. The standard InChI is InChI=1S/C13H20N4/c1-5-12-7-13(17(6-2)15-12)8-16-9-14-10(3)11(16)4/h7,9H,5-6,8H2,1-4H3. The zero-order chi connectivity index (χ0) is 12.4. The van der Waals surface area contributed by atoms with Crippen LogP contribution in [0.5, 0.6) is 0 Å². The summed E-state index contributed by atoms with van der Waals surface area (Å²) < 4.78 is 4.26. The Labute approximate surface area is 102 Å². The van der Waals surface area contributed by atoms with Crippen molar-refractivity contribution in [1.29, 1.82) is 0 Å². The van der Waals surface area contributed by atoms with Crippen molar-refractivity contribution in [2.45, 2.75) is 47.2 Å². The van der Waals surface area contributed by atoms with Gasteiger partial charge in [-0.25, -0.2) is 4.98 Å². The summed E-state index contributed by atoms with van der Waals surface area (Å²) in [5.41, 5.74) is 4.75. The molecule has 0 aliphatic rings. The van der Waals surface area contributed by atoms with E-state index in [9.17, 15) is 0 Å². The lowest BCUT2D eigenvalue weighted by atomic mass is 10.3. The second-order valence-electron chi connectivity index (χ2n) is 4.34. The van der Waals surface area contributed by atoms with Crippen LogP contribution in [0.25, 0.3) is 0 Å². The van der Waals surface area contributed by atoms with Crippen LogP contribution >= 0.6 is 0 Å². The van der Waals surface area contributed by atoms with Crippen LogP contribution < -0.4 is 0 Å². The molecule has 0 aliphatic carbocycles. The van der Waals surface area contributed by atoms with Gasteiger partial charge in [-0.3, -0.25) is 4.68 Å². The number of aromatic nitrogens is 4. The Morgan fingerprint density at radius 1 is 1.24 bits per heavy atom. The Morgan fingerprint density at radius 3 is 2.53 bits per heavy atom. The van der Waals surface area contributed by atoms with E-state index in [4.69, 9.17) is 0 Å². The topological polar surface area (TPSA) is 35.6 Å². The minimum Gasteiger partial charge on any atom is -0.329 e. The molecule has 2 rings (SSSR count). The molecule has 0 aromatic carbocycles. The van der Waals surface area contributed by atoms with Gasteiger partial charge in [-0.1, -0.05) is 6.92 Å². The molecule has 0 aliphatic heterocycles. The number of hydrogen-bond donors (Lipinski definition) is 0. The van der Waals surface area contributed by atoms with Crippen LogP contribution in [0.3, 0.4) is 0 Å².